The summed E-state index contributed by atoms with van der Waals surface area (Å²) in [6.07, 6.45) is 0.711. The van der Waals surface area contributed by atoms with Gasteiger partial charge in [-0.05, 0) is 57.1 Å². The summed E-state index contributed by atoms with van der Waals surface area (Å²) in [5.41, 5.74) is 2.05. The van der Waals surface area contributed by atoms with E-state index in [1.165, 1.54) is 15.3 Å². The largest absolute Gasteiger partial charge is 0.407 e. The first-order valence-corrected chi connectivity index (χ1v) is 16.1. The zero-order valence-corrected chi connectivity index (χ0v) is 24.9. The normalized spacial score (nSPS) is 12.2. The summed E-state index contributed by atoms with van der Waals surface area (Å²) in [6.45, 7) is 7.50. The Bertz CT molecular complexity index is 1280. The molecule has 0 bridgehead atoms. The first-order chi connectivity index (χ1) is 18.4. The van der Waals surface area contributed by atoms with Crippen molar-refractivity contribution in [1.29, 1.82) is 0 Å². The average Bonchev–Trinajstić information content (AvgIpc) is 2.94. The van der Waals surface area contributed by atoms with E-state index in [0.717, 1.165) is 16.2 Å². The molecule has 0 radical (unpaired) electrons. The van der Waals surface area contributed by atoms with Crippen molar-refractivity contribution < 1.29 is 4.43 Å². The highest BCUT2D eigenvalue weighted by molar-refractivity contribution is 8.02. The summed E-state index contributed by atoms with van der Waals surface area (Å²) >= 11 is 7.59. The lowest BCUT2D eigenvalue weighted by Gasteiger charge is -2.43. The third kappa shape index (κ3) is 6.91. The standard InChI is InChI=1S/C33H35NOS2Si/c1-33(2,3)38(30-20-12-6-13-21-30,31-22-14-7-15-23-31)35-25-24-27(26-37-29-18-10-5-11-19-29)32(36)34-28-16-8-4-9-17-28/h4-23,26H,24-25H2,1-3H3,(H,34,36)/b27-26-. The van der Waals surface area contributed by atoms with Gasteiger partial charge < -0.3 is 9.74 Å². The van der Waals surface area contributed by atoms with Crippen LogP contribution >= 0.6 is 24.0 Å². The van der Waals surface area contributed by atoms with Gasteiger partial charge in [-0.15, -0.1) is 0 Å². The lowest BCUT2D eigenvalue weighted by Crippen LogP contribution is -2.66. The molecule has 0 saturated heterocycles. The van der Waals surface area contributed by atoms with Gasteiger partial charge in [0.05, 0.1) is 0 Å². The molecule has 0 amide bonds. The van der Waals surface area contributed by atoms with Crippen LogP contribution < -0.4 is 15.7 Å². The summed E-state index contributed by atoms with van der Waals surface area (Å²) in [6, 6.07) is 42.0. The third-order valence-corrected chi connectivity index (χ3v) is 12.9. The predicted octanol–water partition coefficient (Wildman–Crippen LogP) is 8.07. The van der Waals surface area contributed by atoms with Crippen LogP contribution in [0, 0.1) is 0 Å². The molecule has 2 nitrogen and oxygen atoms in total. The van der Waals surface area contributed by atoms with Crippen LogP contribution in [0.15, 0.2) is 137 Å². The van der Waals surface area contributed by atoms with Crippen molar-refractivity contribution in [2.45, 2.75) is 37.1 Å². The van der Waals surface area contributed by atoms with E-state index in [0.29, 0.717) is 13.0 Å². The number of benzene rings is 4. The maximum Gasteiger partial charge on any atom is 0.261 e. The molecule has 0 fully saturated rings. The molecule has 0 saturated carbocycles. The van der Waals surface area contributed by atoms with Gasteiger partial charge in [0.2, 0.25) is 0 Å². The van der Waals surface area contributed by atoms with Crippen LogP contribution in [-0.4, -0.2) is 19.9 Å². The van der Waals surface area contributed by atoms with Crippen LogP contribution in [0.4, 0.5) is 5.69 Å². The summed E-state index contributed by atoms with van der Waals surface area (Å²) in [4.78, 5) is 1.91. The van der Waals surface area contributed by atoms with E-state index < -0.39 is 8.32 Å². The average molecular weight is 554 g/mol. The molecule has 1 N–H and O–H groups in total. The van der Waals surface area contributed by atoms with Crippen molar-refractivity contribution in [1.82, 2.24) is 0 Å². The Kier molecular flexibility index (Phi) is 9.75. The van der Waals surface area contributed by atoms with E-state index in [2.05, 4.69) is 116 Å². The summed E-state index contributed by atoms with van der Waals surface area (Å²) < 4.78 is 7.15. The topological polar surface area (TPSA) is 21.3 Å². The molecule has 0 aromatic heterocycles. The van der Waals surface area contributed by atoms with E-state index in [9.17, 15) is 0 Å². The fourth-order valence-corrected chi connectivity index (χ4v) is 10.4. The molecule has 0 spiro atoms. The van der Waals surface area contributed by atoms with E-state index >= 15 is 0 Å². The Morgan fingerprint density at radius 2 is 1.24 bits per heavy atom. The monoisotopic (exact) mass is 553 g/mol. The molecule has 0 unspecified atom stereocenters. The van der Waals surface area contributed by atoms with Crippen LogP contribution in [0.2, 0.25) is 5.04 Å². The number of nitrogens with one attached hydrogen (secondary N) is 1. The van der Waals surface area contributed by atoms with E-state index in [1.807, 2.05) is 36.4 Å². The quantitative estimate of drug-likeness (QED) is 0.0927. The van der Waals surface area contributed by atoms with Gasteiger partial charge in [-0.1, -0.05) is 142 Å². The second-order valence-electron chi connectivity index (χ2n) is 10.2. The first-order valence-electron chi connectivity index (χ1n) is 12.9. The Morgan fingerprint density at radius 3 is 1.74 bits per heavy atom. The molecule has 0 aliphatic heterocycles. The number of thiocarbonyl (C=S) groups is 1. The molecular formula is C33H35NOS2Si. The number of hydrogen-bond acceptors (Lipinski definition) is 3. The highest BCUT2D eigenvalue weighted by Gasteiger charge is 2.50. The third-order valence-electron chi connectivity index (χ3n) is 6.51. The fraction of sp³-hybridized carbons (Fsp3) is 0.182. The lowest BCUT2D eigenvalue weighted by molar-refractivity contribution is 0.303. The van der Waals surface area contributed by atoms with E-state index in [1.54, 1.807) is 11.8 Å². The van der Waals surface area contributed by atoms with Gasteiger partial charge in [0.25, 0.3) is 8.32 Å². The molecule has 4 rings (SSSR count). The summed E-state index contributed by atoms with van der Waals surface area (Å²) in [5.74, 6) is 0. The molecule has 38 heavy (non-hydrogen) atoms. The highest BCUT2D eigenvalue weighted by atomic mass is 32.2. The van der Waals surface area contributed by atoms with Crippen molar-refractivity contribution in [2.75, 3.05) is 11.9 Å². The Balaban J connectivity index is 1.63. The van der Waals surface area contributed by atoms with Crippen molar-refractivity contribution in [2.24, 2.45) is 0 Å². The second-order valence-corrected chi connectivity index (χ2v) is 15.8. The molecular weight excluding hydrogens is 519 g/mol. The van der Waals surface area contributed by atoms with Gasteiger partial charge >= 0.3 is 0 Å². The van der Waals surface area contributed by atoms with Crippen LogP contribution in [0.3, 0.4) is 0 Å². The minimum Gasteiger partial charge on any atom is -0.407 e. The molecule has 4 aromatic carbocycles. The number of para-hydroxylation sites is 1. The van der Waals surface area contributed by atoms with Crippen molar-refractivity contribution in [3.8, 4) is 0 Å². The van der Waals surface area contributed by atoms with Crippen LogP contribution in [0.1, 0.15) is 27.2 Å². The molecule has 194 valence electrons. The van der Waals surface area contributed by atoms with Crippen LogP contribution in [-0.2, 0) is 4.43 Å². The van der Waals surface area contributed by atoms with Gasteiger partial charge in [0, 0.05) is 17.2 Å². The van der Waals surface area contributed by atoms with Gasteiger partial charge in [-0.25, -0.2) is 0 Å². The maximum absolute atomic E-state index is 7.15. The van der Waals surface area contributed by atoms with Crippen LogP contribution in [0.25, 0.3) is 0 Å². The molecule has 0 aliphatic rings. The predicted molar refractivity (Wildman–Crippen MR) is 171 cm³/mol. The van der Waals surface area contributed by atoms with Crippen molar-refractivity contribution >= 4 is 53.3 Å². The zero-order chi connectivity index (χ0) is 26.8. The fourth-order valence-electron chi connectivity index (χ4n) is 4.67. The Labute approximate surface area is 238 Å². The van der Waals surface area contributed by atoms with Gasteiger partial charge in [-0.2, -0.15) is 0 Å². The van der Waals surface area contributed by atoms with Gasteiger partial charge in [0.15, 0.2) is 0 Å². The van der Waals surface area contributed by atoms with Crippen LogP contribution in [0.5, 0.6) is 0 Å². The zero-order valence-electron chi connectivity index (χ0n) is 22.3. The SMILES string of the molecule is CC(C)(C)[Si](OCC/C(=C/Sc1ccccc1)C(=S)Nc1ccccc1)(c1ccccc1)c1ccccc1. The Hall–Kier alpha value is -2.96. The summed E-state index contributed by atoms with van der Waals surface area (Å²) in [7, 11) is -2.61. The molecule has 0 aliphatic carbocycles. The molecule has 4 aromatic rings. The minimum absolute atomic E-state index is 0.0683. The minimum atomic E-state index is -2.61. The lowest BCUT2D eigenvalue weighted by atomic mass is 10.2. The first kappa shape index (κ1) is 28.1. The van der Waals surface area contributed by atoms with Gasteiger partial charge in [-0.3, -0.25) is 0 Å². The highest BCUT2D eigenvalue weighted by Crippen LogP contribution is 2.37. The summed E-state index contributed by atoms with van der Waals surface area (Å²) in [5, 5.41) is 8.10. The number of thioether (sulfide) groups is 1. The number of hydrogen-bond donors (Lipinski definition) is 1. The van der Waals surface area contributed by atoms with Gasteiger partial charge in [0.1, 0.15) is 4.99 Å². The second kappa shape index (κ2) is 13.2. The molecule has 5 heteroatoms. The number of anilines is 1. The maximum atomic E-state index is 7.15. The van der Waals surface area contributed by atoms with Crippen molar-refractivity contribution in [3.63, 3.8) is 0 Å². The molecule has 0 heterocycles. The Morgan fingerprint density at radius 1 is 0.763 bits per heavy atom. The smallest absolute Gasteiger partial charge is 0.261 e. The number of rotatable bonds is 10. The van der Waals surface area contributed by atoms with Crippen molar-refractivity contribution in [3.05, 3.63) is 132 Å². The van der Waals surface area contributed by atoms with E-state index in [4.69, 9.17) is 16.6 Å². The molecule has 0 atom stereocenters. The van der Waals surface area contributed by atoms with E-state index in [-0.39, 0.29) is 5.04 Å².